The van der Waals surface area contributed by atoms with Gasteiger partial charge in [-0.2, -0.15) is 0 Å². The number of ether oxygens (including phenoxy) is 1. The van der Waals surface area contributed by atoms with E-state index >= 15 is 0 Å². The van der Waals surface area contributed by atoms with Crippen molar-refractivity contribution in [3.05, 3.63) is 45.3 Å². The number of amides is 2. The van der Waals surface area contributed by atoms with Crippen molar-refractivity contribution >= 4 is 23.0 Å². The van der Waals surface area contributed by atoms with Crippen LogP contribution in [0.5, 0.6) is 0 Å². The van der Waals surface area contributed by atoms with Crippen molar-refractivity contribution in [2.75, 3.05) is 26.2 Å². The first kappa shape index (κ1) is 24.3. The number of aryl methyl sites for hydroxylation is 2. The first-order chi connectivity index (χ1) is 16.2. The summed E-state index contributed by atoms with van der Waals surface area (Å²) < 4.78 is 10.7. The number of hydrogen-bond donors (Lipinski definition) is 2. The van der Waals surface area contributed by atoms with Gasteiger partial charge in [0.25, 0.3) is 0 Å². The van der Waals surface area contributed by atoms with Crippen molar-refractivity contribution in [2.45, 2.75) is 65.0 Å². The third kappa shape index (κ3) is 6.17. The zero-order valence-electron chi connectivity index (χ0n) is 20.4. The third-order valence-electron chi connectivity index (χ3n) is 6.41. The Morgan fingerprint density at radius 1 is 1.09 bits per heavy atom. The number of alkyl carbamates (subject to hydrolysis) is 1. The number of carbonyl (C=O) groups excluding carboxylic acids is 2. The minimum absolute atomic E-state index is 0.00839. The molecule has 1 fully saturated rings. The lowest BCUT2D eigenvalue weighted by Gasteiger charge is -2.32. The van der Waals surface area contributed by atoms with Gasteiger partial charge in [0.15, 0.2) is 0 Å². The van der Waals surface area contributed by atoms with Gasteiger partial charge < -0.3 is 19.8 Å². The molecule has 1 atom stereocenters. The van der Waals surface area contributed by atoms with Gasteiger partial charge in [-0.25, -0.2) is 9.59 Å². The topological polar surface area (TPSA) is 101 Å². The summed E-state index contributed by atoms with van der Waals surface area (Å²) in [6, 6.07) is 5.80. The molecule has 1 unspecified atom stereocenters. The Balaban J connectivity index is 1.33. The molecule has 1 aliphatic carbocycles. The zero-order valence-corrected chi connectivity index (χ0v) is 20.4. The van der Waals surface area contributed by atoms with Crippen molar-refractivity contribution in [1.82, 2.24) is 15.5 Å². The predicted molar refractivity (Wildman–Crippen MR) is 130 cm³/mol. The number of nitrogens with one attached hydrogen (secondary N) is 2. The summed E-state index contributed by atoms with van der Waals surface area (Å²) in [7, 11) is 0. The number of carbonyl (C=O) groups is 2. The molecule has 34 heavy (non-hydrogen) atoms. The zero-order chi connectivity index (χ0) is 24.3. The molecule has 0 saturated carbocycles. The molecule has 1 aromatic heterocycles. The van der Waals surface area contributed by atoms with Gasteiger partial charge in [-0.3, -0.25) is 9.69 Å². The Kier molecular flexibility index (Phi) is 7.26. The lowest BCUT2D eigenvalue weighted by Crippen LogP contribution is -2.44. The summed E-state index contributed by atoms with van der Waals surface area (Å²) in [4.78, 5) is 38.9. The van der Waals surface area contributed by atoms with Crippen LogP contribution in [0.2, 0.25) is 0 Å². The number of fused-ring (bicyclic) bond motifs is 2. The highest BCUT2D eigenvalue weighted by Crippen LogP contribution is 2.29. The quantitative estimate of drug-likeness (QED) is 0.498. The predicted octanol–water partition coefficient (Wildman–Crippen LogP) is 3.13. The second kappa shape index (κ2) is 10.2. The Labute approximate surface area is 200 Å². The van der Waals surface area contributed by atoms with E-state index in [9.17, 15) is 14.4 Å². The van der Waals surface area contributed by atoms with Crippen LogP contribution in [0.4, 0.5) is 4.79 Å². The van der Waals surface area contributed by atoms with Crippen LogP contribution < -0.4 is 16.3 Å². The molecular weight excluding hydrogens is 434 g/mol. The monoisotopic (exact) mass is 469 g/mol. The van der Waals surface area contributed by atoms with Crippen LogP contribution >= 0.6 is 0 Å². The molecule has 0 radical (unpaired) electrons. The van der Waals surface area contributed by atoms with Crippen LogP contribution in [0, 0.1) is 5.92 Å². The van der Waals surface area contributed by atoms with Crippen LogP contribution in [-0.2, 0) is 28.9 Å². The number of likely N-dealkylation sites (tertiary alicyclic amines) is 1. The van der Waals surface area contributed by atoms with Gasteiger partial charge in [0.05, 0.1) is 5.92 Å². The Morgan fingerprint density at radius 3 is 2.59 bits per heavy atom. The molecule has 1 aromatic carbocycles. The molecule has 0 bridgehead atoms. The average molecular weight is 470 g/mol. The smallest absolute Gasteiger partial charge is 0.407 e. The molecule has 2 aliphatic rings. The summed E-state index contributed by atoms with van der Waals surface area (Å²) in [5.74, 6) is -0.128. The summed E-state index contributed by atoms with van der Waals surface area (Å²) in [5, 5.41) is 6.58. The number of rotatable bonds is 6. The number of hydrogen-bond acceptors (Lipinski definition) is 6. The van der Waals surface area contributed by atoms with E-state index in [4.69, 9.17) is 9.15 Å². The first-order valence-corrected chi connectivity index (χ1v) is 12.2. The number of benzene rings is 1. The van der Waals surface area contributed by atoms with Crippen molar-refractivity contribution in [1.29, 1.82) is 0 Å². The molecule has 2 aromatic rings. The maximum atomic E-state index is 12.7. The molecule has 2 amide bonds. The maximum Gasteiger partial charge on any atom is 0.407 e. The van der Waals surface area contributed by atoms with Crippen LogP contribution in [0.15, 0.2) is 27.4 Å². The molecule has 1 saturated heterocycles. The highest BCUT2D eigenvalue weighted by atomic mass is 16.6. The SMILES string of the molecule is CC(C)(C)OC(=O)NCCNC(=O)C1CCCN(Cc2cc(=O)oc3cc4c(cc23)CCC4)C1. The van der Waals surface area contributed by atoms with Crippen molar-refractivity contribution in [2.24, 2.45) is 5.92 Å². The fourth-order valence-electron chi connectivity index (χ4n) is 4.89. The fraction of sp³-hybridized carbons (Fsp3) is 0.577. The normalized spacial score (nSPS) is 18.5. The molecule has 4 rings (SSSR count). The van der Waals surface area contributed by atoms with E-state index in [0.717, 1.165) is 49.6 Å². The molecule has 2 N–H and O–H groups in total. The van der Waals surface area contributed by atoms with Gasteiger partial charge in [0, 0.05) is 37.6 Å². The molecule has 2 heterocycles. The van der Waals surface area contributed by atoms with Gasteiger partial charge in [-0.05, 0) is 88.2 Å². The van der Waals surface area contributed by atoms with E-state index in [1.54, 1.807) is 26.8 Å². The van der Waals surface area contributed by atoms with Gasteiger partial charge in [-0.1, -0.05) is 0 Å². The maximum absolute atomic E-state index is 12.7. The van der Waals surface area contributed by atoms with E-state index in [1.165, 1.54) is 11.1 Å². The standard InChI is InChI=1S/C26H35N3O5/c1-26(2,3)34-25(32)28-10-9-27-24(31)19-8-5-11-29(15-19)16-20-14-23(30)33-22-13-18-7-4-6-17(18)12-21(20)22/h12-14,19H,4-11,15-16H2,1-3H3,(H,27,31)(H,28,32). The van der Waals surface area contributed by atoms with Crippen molar-refractivity contribution in [3.63, 3.8) is 0 Å². The largest absolute Gasteiger partial charge is 0.444 e. The third-order valence-corrected chi connectivity index (χ3v) is 6.41. The molecule has 1 aliphatic heterocycles. The minimum atomic E-state index is -0.552. The lowest BCUT2D eigenvalue weighted by molar-refractivity contribution is -0.126. The summed E-state index contributed by atoms with van der Waals surface area (Å²) in [5.41, 5.74) is 3.37. The molecule has 184 valence electrons. The van der Waals surface area contributed by atoms with Crippen LogP contribution in [0.1, 0.15) is 56.7 Å². The van der Waals surface area contributed by atoms with Crippen molar-refractivity contribution < 1.29 is 18.7 Å². The number of piperidine rings is 1. The Bertz CT molecular complexity index is 1120. The highest BCUT2D eigenvalue weighted by Gasteiger charge is 2.26. The second-order valence-corrected chi connectivity index (χ2v) is 10.4. The van der Waals surface area contributed by atoms with E-state index in [0.29, 0.717) is 31.8 Å². The molecule has 0 spiro atoms. The van der Waals surface area contributed by atoms with Gasteiger partial charge >= 0.3 is 11.7 Å². The number of nitrogens with zero attached hydrogens (tertiary/aromatic N) is 1. The lowest BCUT2D eigenvalue weighted by atomic mass is 9.96. The van der Waals surface area contributed by atoms with E-state index in [1.807, 2.05) is 6.07 Å². The van der Waals surface area contributed by atoms with Crippen LogP contribution in [0.25, 0.3) is 11.0 Å². The highest BCUT2D eigenvalue weighted by molar-refractivity contribution is 5.82. The molecular formula is C26H35N3O5. The first-order valence-electron chi connectivity index (χ1n) is 12.2. The molecule has 8 heteroatoms. The summed E-state index contributed by atoms with van der Waals surface area (Å²) >= 11 is 0. The average Bonchev–Trinajstić information content (AvgIpc) is 3.21. The summed E-state index contributed by atoms with van der Waals surface area (Å²) in [6.45, 7) is 8.22. The van der Waals surface area contributed by atoms with E-state index in [2.05, 4.69) is 21.6 Å². The van der Waals surface area contributed by atoms with Crippen molar-refractivity contribution in [3.8, 4) is 0 Å². The van der Waals surface area contributed by atoms with E-state index in [-0.39, 0.29) is 17.5 Å². The van der Waals surface area contributed by atoms with Crippen LogP contribution in [-0.4, -0.2) is 48.7 Å². The second-order valence-electron chi connectivity index (χ2n) is 10.4. The van der Waals surface area contributed by atoms with Gasteiger partial charge in [0.2, 0.25) is 5.91 Å². The Morgan fingerprint density at radius 2 is 1.82 bits per heavy atom. The van der Waals surface area contributed by atoms with Crippen LogP contribution in [0.3, 0.4) is 0 Å². The van der Waals surface area contributed by atoms with Gasteiger partial charge in [0.1, 0.15) is 11.2 Å². The fourth-order valence-corrected chi connectivity index (χ4v) is 4.89. The molecule has 8 nitrogen and oxygen atoms in total. The van der Waals surface area contributed by atoms with Gasteiger partial charge in [-0.15, -0.1) is 0 Å². The van der Waals surface area contributed by atoms with E-state index < -0.39 is 11.7 Å². The minimum Gasteiger partial charge on any atom is -0.444 e. The Hall–Kier alpha value is -2.87. The summed E-state index contributed by atoms with van der Waals surface area (Å²) in [6.07, 6.45) is 4.50.